The molecule has 17 heavy (non-hydrogen) atoms. The number of nitrogens with one attached hydrogen (secondary N) is 1. The molecule has 94 valence electrons. The van der Waals surface area contributed by atoms with E-state index in [1.807, 2.05) is 6.92 Å². The van der Waals surface area contributed by atoms with Crippen molar-refractivity contribution in [3.05, 3.63) is 32.8 Å². The minimum Gasteiger partial charge on any atom is -0.393 e. The van der Waals surface area contributed by atoms with Crippen LogP contribution in [0.15, 0.2) is 22.7 Å². The van der Waals surface area contributed by atoms with Gasteiger partial charge in [0.25, 0.3) is 5.69 Å². The van der Waals surface area contributed by atoms with Gasteiger partial charge in [-0.15, -0.1) is 0 Å². The van der Waals surface area contributed by atoms with Crippen LogP contribution in [0.25, 0.3) is 0 Å². The Kier molecular flexibility index (Phi) is 5.37. The van der Waals surface area contributed by atoms with Crippen molar-refractivity contribution in [1.82, 2.24) is 0 Å². The first-order valence-electron chi connectivity index (χ1n) is 5.40. The molecule has 0 spiro atoms. The highest BCUT2D eigenvalue weighted by atomic mass is 79.9. The number of benzene rings is 1. The van der Waals surface area contributed by atoms with Crippen LogP contribution >= 0.6 is 15.9 Å². The third-order valence-corrected chi connectivity index (χ3v) is 2.91. The number of rotatable bonds is 6. The van der Waals surface area contributed by atoms with Crippen molar-refractivity contribution >= 4 is 27.3 Å². The summed E-state index contributed by atoms with van der Waals surface area (Å²) in [7, 11) is 0. The number of hydrogen-bond acceptors (Lipinski definition) is 4. The summed E-state index contributed by atoms with van der Waals surface area (Å²) in [6, 6.07) is 4.74. The predicted molar refractivity (Wildman–Crippen MR) is 70.2 cm³/mol. The lowest BCUT2D eigenvalue weighted by molar-refractivity contribution is -0.384. The average molecular weight is 303 g/mol. The zero-order valence-corrected chi connectivity index (χ0v) is 11.1. The first-order valence-corrected chi connectivity index (χ1v) is 6.19. The molecule has 1 aromatic carbocycles. The number of aliphatic hydroxyl groups excluding tert-OH is 1. The molecule has 1 atom stereocenters. The topological polar surface area (TPSA) is 75.4 Å². The number of anilines is 1. The Bertz CT molecular complexity index is 398. The summed E-state index contributed by atoms with van der Waals surface area (Å²) in [4.78, 5) is 10.4. The molecule has 0 aromatic heterocycles. The van der Waals surface area contributed by atoms with Gasteiger partial charge in [-0.25, -0.2) is 0 Å². The molecule has 6 heteroatoms. The Balaban J connectivity index is 2.68. The number of nitrogens with zero attached hydrogens (tertiary/aromatic N) is 1. The third-order valence-electron chi connectivity index (χ3n) is 2.42. The fourth-order valence-electron chi connectivity index (χ4n) is 1.39. The largest absolute Gasteiger partial charge is 0.393 e. The van der Waals surface area contributed by atoms with Crippen LogP contribution in [-0.4, -0.2) is 22.7 Å². The number of nitro benzene ring substituents is 1. The second-order valence-corrected chi connectivity index (χ2v) is 4.61. The van der Waals surface area contributed by atoms with Gasteiger partial charge in [-0.2, -0.15) is 0 Å². The average Bonchev–Trinajstić information content (AvgIpc) is 2.28. The third kappa shape index (κ3) is 4.32. The summed E-state index contributed by atoms with van der Waals surface area (Å²) in [5.74, 6) is 0. The monoisotopic (exact) mass is 302 g/mol. The van der Waals surface area contributed by atoms with E-state index in [-0.39, 0.29) is 11.8 Å². The molecule has 0 aliphatic carbocycles. The molecule has 0 bridgehead atoms. The van der Waals surface area contributed by atoms with Gasteiger partial charge in [0.05, 0.1) is 11.0 Å². The van der Waals surface area contributed by atoms with Crippen LogP contribution < -0.4 is 5.32 Å². The Morgan fingerprint density at radius 2 is 2.29 bits per heavy atom. The first kappa shape index (κ1) is 13.9. The van der Waals surface area contributed by atoms with Gasteiger partial charge in [-0.05, 0) is 25.0 Å². The fourth-order valence-corrected chi connectivity index (χ4v) is 1.75. The van der Waals surface area contributed by atoms with Gasteiger partial charge in [0.1, 0.15) is 5.69 Å². The van der Waals surface area contributed by atoms with E-state index in [1.165, 1.54) is 6.07 Å². The molecule has 0 fully saturated rings. The summed E-state index contributed by atoms with van der Waals surface area (Å²) in [5.41, 5.74) is 0.506. The molecular formula is C11H15BrN2O3. The van der Waals surface area contributed by atoms with E-state index < -0.39 is 4.92 Å². The minimum atomic E-state index is -0.426. The van der Waals surface area contributed by atoms with E-state index in [0.717, 1.165) is 4.47 Å². The van der Waals surface area contributed by atoms with Crippen molar-refractivity contribution in [2.45, 2.75) is 25.9 Å². The summed E-state index contributed by atoms with van der Waals surface area (Å²) in [6.45, 7) is 2.40. The van der Waals surface area contributed by atoms with Gasteiger partial charge in [-0.3, -0.25) is 10.1 Å². The molecular weight excluding hydrogens is 288 g/mol. The minimum absolute atomic E-state index is 0.0409. The highest BCUT2D eigenvalue weighted by Gasteiger charge is 2.13. The fraction of sp³-hybridized carbons (Fsp3) is 0.455. The zero-order chi connectivity index (χ0) is 12.8. The van der Waals surface area contributed by atoms with Gasteiger partial charge in [0, 0.05) is 17.1 Å². The molecule has 0 aliphatic rings. The highest BCUT2D eigenvalue weighted by Crippen LogP contribution is 2.27. The Hall–Kier alpha value is -1.14. The van der Waals surface area contributed by atoms with Gasteiger partial charge in [0.2, 0.25) is 0 Å². The van der Waals surface area contributed by atoms with E-state index in [0.29, 0.717) is 25.1 Å². The highest BCUT2D eigenvalue weighted by molar-refractivity contribution is 9.10. The molecule has 0 aliphatic heterocycles. The molecule has 0 saturated carbocycles. The Labute approximate surface area is 108 Å². The van der Waals surface area contributed by atoms with E-state index in [9.17, 15) is 15.2 Å². The summed E-state index contributed by atoms with van der Waals surface area (Å²) < 4.78 is 0.779. The zero-order valence-electron chi connectivity index (χ0n) is 9.52. The quantitative estimate of drug-likeness (QED) is 0.626. The van der Waals surface area contributed by atoms with Gasteiger partial charge < -0.3 is 10.4 Å². The van der Waals surface area contributed by atoms with Crippen LogP contribution in [-0.2, 0) is 0 Å². The number of hydrogen-bond donors (Lipinski definition) is 2. The van der Waals surface area contributed by atoms with Crippen molar-refractivity contribution in [3.8, 4) is 0 Å². The Morgan fingerprint density at radius 1 is 1.59 bits per heavy atom. The second kappa shape index (κ2) is 6.56. The number of nitro groups is 1. The number of aliphatic hydroxyl groups is 1. The Morgan fingerprint density at radius 3 is 2.88 bits per heavy atom. The summed E-state index contributed by atoms with van der Waals surface area (Å²) >= 11 is 3.27. The van der Waals surface area contributed by atoms with Crippen LogP contribution in [0, 0.1) is 10.1 Å². The van der Waals surface area contributed by atoms with E-state index >= 15 is 0 Å². The lowest BCUT2D eigenvalue weighted by atomic mass is 10.2. The number of halogens is 1. The first-order chi connectivity index (χ1) is 8.04. The molecule has 0 saturated heterocycles. The molecule has 0 radical (unpaired) electrons. The van der Waals surface area contributed by atoms with Crippen LogP contribution in [0.1, 0.15) is 19.8 Å². The van der Waals surface area contributed by atoms with Crippen molar-refractivity contribution in [2.24, 2.45) is 0 Å². The predicted octanol–water partition coefficient (Wildman–Crippen LogP) is 2.93. The molecule has 1 unspecified atom stereocenters. The summed E-state index contributed by atoms with van der Waals surface area (Å²) in [5, 5.41) is 23.1. The van der Waals surface area contributed by atoms with E-state index in [2.05, 4.69) is 21.2 Å². The van der Waals surface area contributed by atoms with Crippen molar-refractivity contribution in [2.75, 3.05) is 11.9 Å². The SMILES string of the molecule is CCC(O)CCNc1cc(Br)ccc1[N+](=O)[O-]. The smallest absolute Gasteiger partial charge is 0.292 e. The van der Waals surface area contributed by atoms with Crippen LogP contribution in [0.3, 0.4) is 0 Å². The maximum atomic E-state index is 10.8. The van der Waals surface area contributed by atoms with Crippen molar-refractivity contribution < 1.29 is 10.0 Å². The molecule has 5 nitrogen and oxygen atoms in total. The normalized spacial score (nSPS) is 12.2. The van der Waals surface area contributed by atoms with Crippen LogP contribution in [0.5, 0.6) is 0 Å². The summed E-state index contributed by atoms with van der Waals surface area (Å²) in [6.07, 6.45) is 0.885. The van der Waals surface area contributed by atoms with Gasteiger partial charge in [-0.1, -0.05) is 22.9 Å². The standard InChI is InChI=1S/C11H15BrN2O3/c1-2-9(15)5-6-13-10-7-8(12)3-4-11(10)14(16)17/h3-4,7,9,13,15H,2,5-6H2,1H3. The van der Waals surface area contributed by atoms with Crippen molar-refractivity contribution in [3.63, 3.8) is 0 Å². The molecule has 2 N–H and O–H groups in total. The molecule has 1 rings (SSSR count). The lowest BCUT2D eigenvalue weighted by Gasteiger charge is -2.10. The maximum absolute atomic E-state index is 10.8. The second-order valence-electron chi connectivity index (χ2n) is 3.70. The van der Waals surface area contributed by atoms with Crippen LogP contribution in [0.4, 0.5) is 11.4 Å². The van der Waals surface area contributed by atoms with E-state index in [4.69, 9.17) is 0 Å². The molecule has 0 amide bonds. The van der Waals surface area contributed by atoms with E-state index in [1.54, 1.807) is 12.1 Å². The van der Waals surface area contributed by atoms with Gasteiger partial charge in [0.15, 0.2) is 0 Å². The molecule has 0 heterocycles. The molecule has 1 aromatic rings. The maximum Gasteiger partial charge on any atom is 0.292 e. The van der Waals surface area contributed by atoms with Crippen molar-refractivity contribution in [1.29, 1.82) is 0 Å². The van der Waals surface area contributed by atoms with Crippen LogP contribution in [0.2, 0.25) is 0 Å². The van der Waals surface area contributed by atoms with Gasteiger partial charge >= 0.3 is 0 Å². The lowest BCUT2D eigenvalue weighted by Crippen LogP contribution is -2.12.